The summed E-state index contributed by atoms with van der Waals surface area (Å²) in [5, 5.41) is 4.65. The van der Waals surface area contributed by atoms with Gasteiger partial charge in [0, 0.05) is 30.8 Å². The number of anilines is 1. The fourth-order valence-electron chi connectivity index (χ4n) is 3.06. The monoisotopic (exact) mass is 463 g/mol. The molecule has 0 radical (unpaired) electrons. The van der Waals surface area contributed by atoms with E-state index in [-0.39, 0.29) is 13.2 Å². The van der Waals surface area contributed by atoms with Crippen molar-refractivity contribution in [3.05, 3.63) is 41.9 Å². The Bertz CT molecular complexity index is 932. The second-order valence-electron chi connectivity index (χ2n) is 8.44. The molecule has 1 aliphatic heterocycles. The average molecular weight is 464 g/mol. The van der Waals surface area contributed by atoms with Crippen LogP contribution in [0, 0.1) is 6.92 Å². The van der Waals surface area contributed by atoms with Crippen LogP contribution < -0.4 is 15.0 Å². The third kappa shape index (κ3) is 6.93. The van der Waals surface area contributed by atoms with Gasteiger partial charge in [0.2, 0.25) is 0 Å². The first-order valence-corrected chi connectivity index (χ1v) is 11.3. The van der Waals surface area contributed by atoms with E-state index in [1.807, 2.05) is 31.2 Å². The molecule has 0 spiro atoms. The predicted octanol–water partition coefficient (Wildman–Crippen LogP) is 4.71. The molecule has 2 heterocycles. The van der Waals surface area contributed by atoms with Crippen LogP contribution in [-0.2, 0) is 9.47 Å². The van der Waals surface area contributed by atoms with Crippen molar-refractivity contribution in [2.75, 3.05) is 44.4 Å². The van der Waals surface area contributed by atoms with Crippen LogP contribution in [0.2, 0.25) is 0 Å². The minimum absolute atomic E-state index is 0.00616. The third-order valence-electron chi connectivity index (χ3n) is 4.61. The molecule has 0 bridgehead atoms. The number of hydrogen-bond donors (Lipinski definition) is 1. The molecule has 1 aliphatic rings. The number of nitrogens with zero attached hydrogens (tertiary/aromatic N) is 2. The van der Waals surface area contributed by atoms with Gasteiger partial charge in [0.15, 0.2) is 0 Å². The summed E-state index contributed by atoms with van der Waals surface area (Å²) in [6.45, 7) is 10.6. The molecule has 1 amide bonds. The Morgan fingerprint density at radius 1 is 1.28 bits per heavy atom. The van der Waals surface area contributed by atoms with Crippen molar-refractivity contribution in [1.82, 2.24) is 10.3 Å². The van der Waals surface area contributed by atoms with E-state index in [1.165, 1.54) is 5.00 Å². The van der Waals surface area contributed by atoms with E-state index >= 15 is 0 Å². The molecule has 1 N–H and O–H groups in total. The lowest BCUT2D eigenvalue weighted by atomic mass is 10.2. The lowest BCUT2D eigenvalue weighted by Crippen LogP contribution is -2.36. The fraction of sp³-hybridized carbons (Fsp3) is 0.478. The first kappa shape index (κ1) is 24.0. The maximum Gasteiger partial charge on any atom is 0.407 e. The zero-order chi connectivity index (χ0) is 23.1. The largest absolute Gasteiger partial charge is 0.489 e. The zero-order valence-corrected chi connectivity index (χ0v) is 19.8. The molecule has 32 heavy (non-hydrogen) atoms. The molecule has 1 saturated heterocycles. The molecule has 0 aliphatic carbocycles. The zero-order valence-electron chi connectivity index (χ0n) is 18.9. The smallest absolute Gasteiger partial charge is 0.407 e. The number of alkyl carbamates (subject to hydrolysis) is 1. The van der Waals surface area contributed by atoms with Gasteiger partial charge in [0.25, 0.3) is 0 Å². The molecule has 7 nitrogen and oxygen atoms in total. The molecule has 2 aromatic rings. The molecular formula is C23H30FN3O4S. The highest BCUT2D eigenvalue weighted by Crippen LogP contribution is 2.35. The van der Waals surface area contributed by atoms with E-state index in [1.54, 1.807) is 32.1 Å². The molecule has 174 valence electrons. The number of ether oxygens (including phenoxy) is 3. The molecule has 1 fully saturated rings. The standard InChI is InChI=1S/C23H30FN3O4S/c1-16-21(27-9-11-29-12-10-27)32-20(26-16)18-5-7-19(8-6-18)30-15-17(13-24)14-25-22(28)31-23(2,3)4/h5-8,13H,9-12,14-15H2,1-4H3,(H,25,28)/b17-13+. The highest BCUT2D eigenvalue weighted by Gasteiger charge is 2.18. The Morgan fingerprint density at radius 3 is 2.59 bits per heavy atom. The number of rotatable bonds is 7. The number of amides is 1. The number of thiazole rings is 1. The first-order valence-electron chi connectivity index (χ1n) is 10.5. The number of morpholine rings is 1. The van der Waals surface area contributed by atoms with Crippen LogP contribution in [0.4, 0.5) is 14.2 Å². The van der Waals surface area contributed by atoms with Gasteiger partial charge in [-0.3, -0.25) is 0 Å². The quantitative estimate of drug-likeness (QED) is 0.641. The predicted molar refractivity (Wildman–Crippen MR) is 124 cm³/mol. The Hall–Kier alpha value is -2.65. The van der Waals surface area contributed by atoms with E-state index in [2.05, 4.69) is 10.2 Å². The Morgan fingerprint density at radius 2 is 1.97 bits per heavy atom. The number of aromatic nitrogens is 1. The molecule has 0 unspecified atom stereocenters. The molecule has 0 saturated carbocycles. The van der Waals surface area contributed by atoms with Gasteiger partial charge < -0.3 is 24.4 Å². The minimum Gasteiger partial charge on any atom is -0.489 e. The summed E-state index contributed by atoms with van der Waals surface area (Å²) in [4.78, 5) is 18.8. The third-order valence-corrected chi connectivity index (χ3v) is 5.88. The van der Waals surface area contributed by atoms with Crippen LogP contribution >= 0.6 is 11.3 Å². The summed E-state index contributed by atoms with van der Waals surface area (Å²) in [5.74, 6) is 0.604. The van der Waals surface area contributed by atoms with Crippen molar-refractivity contribution in [2.24, 2.45) is 0 Å². The summed E-state index contributed by atoms with van der Waals surface area (Å²) in [6, 6.07) is 7.54. The van der Waals surface area contributed by atoms with E-state index in [9.17, 15) is 9.18 Å². The maximum absolute atomic E-state index is 13.2. The Labute approximate surface area is 192 Å². The van der Waals surface area contributed by atoms with Gasteiger partial charge >= 0.3 is 6.09 Å². The second-order valence-corrected chi connectivity index (χ2v) is 9.42. The molecule has 0 atom stereocenters. The van der Waals surface area contributed by atoms with Gasteiger partial charge in [0.05, 0.1) is 25.2 Å². The SMILES string of the molecule is Cc1nc(-c2ccc(OC/C(=C/F)CNC(=O)OC(C)(C)C)cc2)sc1N1CCOCC1. The first-order chi connectivity index (χ1) is 15.2. The van der Waals surface area contributed by atoms with Gasteiger partial charge in [-0.15, -0.1) is 0 Å². The summed E-state index contributed by atoms with van der Waals surface area (Å²) in [7, 11) is 0. The lowest BCUT2D eigenvalue weighted by molar-refractivity contribution is 0.0531. The molecular weight excluding hydrogens is 433 g/mol. The molecule has 1 aromatic carbocycles. The van der Waals surface area contributed by atoms with Crippen molar-refractivity contribution in [3.8, 4) is 16.3 Å². The minimum atomic E-state index is -0.610. The topological polar surface area (TPSA) is 72.9 Å². The maximum atomic E-state index is 13.2. The molecule has 3 rings (SSSR count). The van der Waals surface area contributed by atoms with E-state index < -0.39 is 11.7 Å². The Kier molecular flexibility index (Phi) is 8.09. The molecule has 9 heteroatoms. The van der Waals surface area contributed by atoms with Crippen LogP contribution in [0.5, 0.6) is 5.75 Å². The van der Waals surface area contributed by atoms with Gasteiger partial charge in [0.1, 0.15) is 28.0 Å². The number of nitrogens with one attached hydrogen (secondary N) is 1. The fourth-order valence-corrected chi connectivity index (χ4v) is 4.19. The molecule has 1 aromatic heterocycles. The number of carbonyl (C=O) groups excluding carboxylic acids is 1. The van der Waals surface area contributed by atoms with Gasteiger partial charge in [-0.25, -0.2) is 14.2 Å². The van der Waals surface area contributed by atoms with Crippen LogP contribution in [0.25, 0.3) is 10.6 Å². The summed E-state index contributed by atoms with van der Waals surface area (Å²) >= 11 is 1.67. The number of carbonyl (C=O) groups is 1. The van der Waals surface area contributed by atoms with Crippen molar-refractivity contribution < 1.29 is 23.4 Å². The lowest BCUT2D eigenvalue weighted by Gasteiger charge is -2.27. The number of halogens is 1. The summed E-state index contributed by atoms with van der Waals surface area (Å²) in [5.41, 5.74) is 1.70. The van der Waals surface area contributed by atoms with Crippen LogP contribution in [0.1, 0.15) is 26.5 Å². The summed E-state index contributed by atoms with van der Waals surface area (Å²) in [6.07, 6.45) is -0.159. The number of aryl methyl sites for hydroxylation is 1. The van der Waals surface area contributed by atoms with Gasteiger partial charge in [-0.05, 0) is 52.0 Å². The van der Waals surface area contributed by atoms with E-state index in [4.69, 9.17) is 19.2 Å². The van der Waals surface area contributed by atoms with Gasteiger partial charge in [-0.2, -0.15) is 0 Å². The normalized spacial score (nSPS) is 14.9. The average Bonchev–Trinajstić information content (AvgIpc) is 3.15. The van der Waals surface area contributed by atoms with Crippen LogP contribution in [-0.4, -0.2) is 56.1 Å². The second kappa shape index (κ2) is 10.8. The van der Waals surface area contributed by atoms with Crippen LogP contribution in [0.3, 0.4) is 0 Å². The van der Waals surface area contributed by atoms with Crippen molar-refractivity contribution in [1.29, 1.82) is 0 Å². The number of benzene rings is 1. The van der Waals surface area contributed by atoms with Crippen molar-refractivity contribution >= 4 is 22.4 Å². The number of hydrogen-bond acceptors (Lipinski definition) is 7. The van der Waals surface area contributed by atoms with Gasteiger partial charge in [-0.1, -0.05) is 11.3 Å². The summed E-state index contributed by atoms with van der Waals surface area (Å²) < 4.78 is 29.4. The van der Waals surface area contributed by atoms with E-state index in [0.717, 1.165) is 42.6 Å². The van der Waals surface area contributed by atoms with Crippen LogP contribution in [0.15, 0.2) is 36.2 Å². The van der Waals surface area contributed by atoms with E-state index in [0.29, 0.717) is 17.7 Å². The highest BCUT2D eigenvalue weighted by atomic mass is 32.1. The highest BCUT2D eigenvalue weighted by molar-refractivity contribution is 7.19. The van der Waals surface area contributed by atoms with Crippen molar-refractivity contribution in [3.63, 3.8) is 0 Å². The Balaban J connectivity index is 1.54. The van der Waals surface area contributed by atoms with Crippen molar-refractivity contribution in [2.45, 2.75) is 33.3 Å².